The topological polar surface area (TPSA) is 88.2 Å². The summed E-state index contributed by atoms with van der Waals surface area (Å²) in [5.41, 5.74) is 6.64. The molecule has 4 N–H and O–H groups in total. The molecule has 1 heterocycles. The van der Waals surface area contributed by atoms with E-state index < -0.39 is 5.97 Å². The van der Waals surface area contributed by atoms with E-state index in [0.717, 1.165) is 0 Å². The van der Waals surface area contributed by atoms with E-state index in [1.165, 1.54) is 12.3 Å². The third-order valence-corrected chi connectivity index (χ3v) is 4.47. The second-order valence-corrected chi connectivity index (χ2v) is 5.99. The highest BCUT2D eigenvalue weighted by molar-refractivity contribution is 5.89. The molecule has 2 rings (SSSR count). The number of nitrogen functional groups attached to an aromatic ring is 1. The minimum absolute atomic E-state index is 0.104. The molecule has 5 nitrogen and oxygen atoms in total. The van der Waals surface area contributed by atoms with Crippen molar-refractivity contribution in [1.82, 2.24) is 4.98 Å². The summed E-state index contributed by atoms with van der Waals surface area (Å²) in [6.45, 7) is 8.75. The molecule has 0 aliphatic heterocycles. The summed E-state index contributed by atoms with van der Waals surface area (Å²) in [5, 5.41) is 12.1. The number of nitrogens with two attached hydrogens (primary N) is 1. The molecule has 98 valence electrons. The molecular weight excluding hydrogens is 230 g/mol. The number of aromatic carboxylic acids is 1. The van der Waals surface area contributed by atoms with Crippen LogP contribution >= 0.6 is 0 Å². The summed E-state index contributed by atoms with van der Waals surface area (Å²) < 4.78 is 0. The molecule has 0 unspecified atom stereocenters. The molecule has 0 aromatic carbocycles. The number of anilines is 2. The van der Waals surface area contributed by atoms with E-state index >= 15 is 0 Å². The van der Waals surface area contributed by atoms with E-state index in [4.69, 9.17) is 10.8 Å². The number of carboxylic acids is 1. The molecule has 18 heavy (non-hydrogen) atoms. The summed E-state index contributed by atoms with van der Waals surface area (Å²) >= 11 is 0. The summed E-state index contributed by atoms with van der Waals surface area (Å²) in [6, 6.07) is 1.72. The van der Waals surface area contributed by atoms with Crippen LogP contribution in [0, 0.1) is 10.8 Å². The monoisotopic (exact) mass is 249 g/mol. The van der Waals surface area contributed by atoms with Gasteiger partial charge < -0.3 is 16.2 Å². The lowest BCUT2D eigenvalue weighted by Crippen LogP contribution is -2.13. The Balaban J connectivity index is 2.20. The Labute approximate surface area is 106 Å². The second kappa shape index (κ2) is 3.60. The summed E-state index contributed by atoms with van der Waals surface area (Å²) in [5.74, 6) is -0.462. The van der Waals surface area contributed by atoms with E-state index in [-0.39, 0.29) is 22.4 Å². The van der Waals surface area contributed by atoms with Crippen molar-refractivity contribution in [3.05, 3.63) is 17.8 Å². The van der Waals surface area contributed by atoms with Gasteiger partial charge >= 0.3 is 5.97 Å². The molecule has 0 amide bonds. The normalized spacial score (nSPS) is 20.4. The molecule has 1 aliphatic rings. The predicted molar refractivity (Wildman–Crippen MR) is 70.6 cm³/mol. The molecule has 1 fully saturated rings. The quantitative estimate of drug-likeness (QED) is 0.764. The molecule has 0 radical (unpaired) electrons. The van der Waals surface area contributed by atoms with Gasteiger partial charge in [-0.1, -0.05) is 27.7 Å². The van der Waals surface area contributed by atoms with Crippen LogP contribution in [0.15, 0.2) is 12.3 Å². The smallest absolute Gasteiger partial charge is 0.337 e. The van der Waals surface area contributed by atoms with Gasteiger partial charge in [0.1, 0.15) is 5.82 Å². The Kier molecular flexibility index (Phi) is 2.54. The number of pyridine rings is 1. The van der Waals surface area contributed by atoms with Crippen molar-refractivity contribution in [2.24, 2.45) is 10.8 Å². The Morgan fingerprint density at radius 3 is 2.33 bits per heavy atom. The largest absolute Gasteiger partial charge is 0.478 e. The molecule has 1 aliphatic carbocycles. The number of aromatic nitrogens is 1. The van der Waals surface area contributed by atoms with E-state index in [9.17, 15) is 4.79 Å². The molecule has 1 aromatic rings. The van der Waals surface area contributed by atoms with Gasteiger partial charge in [-0.3, -0.25) is 0 Å². The highest BCUT2D eigenvalue weighted by atomic mass is 16.4. The minimum Gasteiger partial charge on any atom is -0.478 e. The number of carboxylic acid groups (broad SMARTS) is 1. The van der Waals surface area contributed by atoms with Gasteiger partial charge in [0.05, 0.1) is 11.3 Å². The fraction of sp³-hybridized carbons (Fsp3) is 0.538. The lowest BCUT2D eigenvalue weighted by molar-refractivity contribution is 0.0696. The summed E-state index contributed by atoms with van der Waals surface area (Å²) in [7, 11) is 0. The number of carbonyl (C=O) groups is 1. The fourth-order valence-electron chi connectivity index (χ4n) is 2.41. The molecule has 0 atom stereocenters. The molecule has 1 saturated carbocycles. The Morgan fingerprint density at radius 1 is 1.39 bits per heavy atom. The average Bonchev–Trinajstić information content (AvgIpc) is 2.63. The van der Waals surface area contributed by atoms with Crippen LogP contribution in [0.2, 0.25) is 0 Å². The van der Waals surface area contributed by atoms with Crippen LogP contribution in [0.4, 0.5) is 11.5 Å². The lowest BCUT2D eigenvalue weighted by atomic mass is 10.0. The van der Waals surface area contributed by atoms with E-state index in [2.05, 4.69) is 38.0 Å². The highest BCUT2D eigenvalue weighted by Gasteiger charge is 2.65. The molecule has 5 heteroatoms. The summed E-state index contributed by atoms with van der Waals surface area (Å²) in [4.78, 5) is 14.9. The molecule has 0 bridgehead atoms. The first-order chi connectivity index (χ1) is 8.18. The van der Waals surface area contributed by atoms with Crippen molar-refractivity contribution in [2.45, 2.75) is 33.7 Å². The van der Waals surface area contributed by atoms with Crippen molar-refractivity contribution < 1.29 is 9.90 Å². The molecule has 0 spiro atoms. The van der Waals surface area contributed by atoms with E-state index in [1.807, 2.05) is 0 Å². The fourth-order valence-corrected chi connectivity index (χ4v) is 2.41. The number of nitrogens with zero attached hydrogens (tertiary/aromatic N) is 1. The van der Waals surface area contributed by atoms with Crippen molar-refractivity contribution in [3.63, 3.8) is 0 Å². The first-order valence-corrected chi connectivity index (χ1v) is 5.93. The first kappa shape index (κ1) is 12.7. The van der Waals surface area contributed by atoms with Gasteiger partial charge in [0.25, 0.3) is 0 Å². The number of rotatable bonds is 3. The van der Waals surface area contributed by atoms with Gasteiger partial charge in [-0.15, -0.1) is 0 Å². The average molecular weight is 249 g/mol. The van der Waals surface area contributed by atoms with Crippen LogP contribution < -0.4 is 11.1 Å². The van der Waals surface area contributed by atoms with Crippen LogP contribution in [0.5, 0.6) is 0 Å². The van der Waals surface area contributed by atoms with Gasteiger partial charge in [-0.2, -0.15) is 0 Å². The molecule has 1 aromatic heterocycles. The third kappa shape index (κ3) is 1.70. The van der Waals surface area contributed by atoms with Crippen molar-refractivity contribution in [1.29, 1.82) is 0 Å². The van der Waals surface area contributed by atoms with Crippen LogP contribution in [0.25, 0.3) is 0 Å². The van der Waals surface area contributed by atoms with E-state index in [0.29, 0.717) is 11.5 Å². The predicted octanol–water partition coefficient (Wildman–Crippen LogP) is 2.21. The Morgan fingerprint density at radius 2 is 1.94 bits per heavy atom. The third-order valence-electron chi connectivity index (χ3n) is 4.47. The van der Waals surface area contributed by atoms with Gasteiger partial charge in [0.15, 0.2) is 0 Å². The number of hydrogen-bond donors (Lipinski definition) is 3. The first-order valence-electron chi connectivity index (χ1n) is 5.93. The number of hydrogen-bond acceptors (Lipinski definition) is 4. The Bertz CT molecular complexity index is 495. The maximum atomic E-state index is 10.8. The summed E-state index contributed by atoms with van der Waals surface area (Å²) in [6.07, 6.45) is 1.32. The zero-order valence-corrected chi connectivity index (χ0v) is 11.1. The zero-order chi connectivity index (χ0) is 13.7. The standard InChI is InChI=1S/C13H19N3O2/c1-12(2)11(13(12,3)4)16-9-8(14)5-7(6-15-9)10(17)18/h5-6,11H,14H2,1-4H3,(H,15,16)(H,17,18). The lowest BCUT2D eigenvalue weighted by Gasteiger charge is -2.10. The van der Waals surface area contributed by atoms with Crippen LogP contribution in [0.3, 0.4) is 0 Å². The van der Waals surface area contributed by atoms with Crippen molar-refractivity contribution in [2.75, 3.05) is 11.1 Å². The van der Waals surface area contributed by atoms with Gasteiger partial charge in [-0.25, -0.2) is 9.78 Å². The molecule has 0 saturated heterocycles. The van der Waals surface area contributed by atoms with Crippen molar-refractivity contribution >= 4 is 17.5 Å². The van der Waals surface area contributed by atoms with Gasteiger partial charge in [-0.05, 0) is 16.9 Å². The zero-order valence-electron chi connectivity index (χ0n) is 11.1. The van der Waals surface area contributed by atoms with Crippen LogP contribution in [-0.4, -0.2) is 22.1 Å². The van der Waals surface area contributed by atoms with Gasteiger partial charge in [0, 0.05) is 12.2 Å². The van der Waals surface area contributed by atoms with Gasteiger partial charge in [0.2, 0.25) is 0 Å². The highest BCUT2D eigenvalue weighted by Crippen LogP contribution is 2.63. The molecular formula is C13H19N3O2. The Hall–Kier alpha value is -1.78. The van der Waals surface area contributed by atoms with Crippen molar-refractivity contribution in [3.8, 4) is 0 Å². The minimum atomic E-state index is -1.02. The number of nitrogens with one attached hydrogen (secondary N) is 1. The second-order valence-electron chi connectivity index (χ2n) is 5.99. The van der Waals surface area contributed by atoms with E-state index in [1.54, 1.807) is 0 Å². The maximum absolute atomic E-state index is 10.8. The SMILES string of the molecule is CC1(C)C(Nc2ncc(C(=O)O)cc2N)C1(C)C. The maximum Gasteiger partial charge on any atom is 0.337 e. The van der Waals surface area contributed by atoms with Crippen LogP contribution in [-0.2, 0) is 0 Å². The van der Waals surface area contributed by atoms with Crippen LogP contribution in [0.1, 0.15) is 38.1 Å².